The molecule has 1 aliphatic rings. The number of hydrogen-bond donors (Lipinski definition) is 1. The molecule has 2 rings (SSSR count). The van der Waals surface area contributed by atoms with E-state index in [-0.39, 0.29) is 23.4 Å². The summed E-state index contributed by atoms with van der Waals surface area (Å²) in [5, 5.41) is 2.96. The molecular weight excluding hydrogens is 295 g/mol. The fourth-order valence-corrected chi connectivity index (χ4v) is 2.74. The lowest BCUT2D eigenvalue weighted by atomic mass is 10.1. The van der Waals surface area contributed by atoms with Gasteiger partial charge in [0.1, 0.15) is 11.7 Å². The Bertz CT molecular complexity index is 530. The lowest BCUT2D eigenvalue weighted by Crippen LogP contribution is -2.36. The van der Waals surface area contributed by atoms with Crippen LogP contribution in [-0.2, 0) is 16.1 Å². The van der Waals surface area contributed by atoms with Crippen molar-refractivity contribution >= 4 is 23.4 Å². The van der Waals surface area contributed by atoms with Crippen LogP contribution in [0.15, 0.2) is 18.2 Å². The predicted octanol–water partition coefficient (Wildman–Crippen LogP) is 2.35. The van der Waals surface area contributed by atoms with E-state index < -0.39 is 11.7 Å². The third-order valence-electron chi connectivity index (χ3n) is 3.50. The molecule has 1 N–H and O–H groups in total. The summed E-state index contributed by atoms with van der Waals surface area (Å²) in [6.07, 6.45) is 1.41. The fraction of sp³-hybridized carbons (Fsp3) is 0.467. The Balaban J connectivity index is 1.92. The van der Waals surface area contributed by atoms with Crippen molar-refractivity contribution in [3.63, 3.8) is 0 Å². The molecule has 1 aromatic carbocycles. The summed E-state index contributed by atoms with van der Waals surface area (Å²) < 4.78 is 13.2. The van der Waals surface area contributed by atoms with Crippen molar-refractivity contribution in [2.75, 3.05) is 13.1 Å². The lowest BCUT2D eigenvalue weighted by Gasteiger charge is -2.15. The van der Waals surface area contributed by atoms with Gasteiger partial charge in [0.15, 0.2) is 0 Å². The molecule has 1 saturated heterocycles. The minimum atomic E-state index is -0.624. The zero-order valence-electron chi connectivity index (χ0n) is 11.9. The van der Waals surface area contributed by atoms with E-state index in [0.717, 1.165) is 6.42 Å². The van der Waals surface area contributed by atoms with Crippen LogP contribution in [-0.4, -0.2) is 29.8 Å². The van der Waals surface area contributed by atoms with E-state index in [2.05, 4.69) is 5.32 Å². The van der Waals surface area contributed by atoms with Crippen LogP contribution < -0.4 is 5.32 Å². The van der Waals surface area contributed by atoms with Gasteiger partial charge in [-0.15, -0.1) is 0 Å². The van der Waals surface area contributed by atoms with Gasteiger partial charge in [-0.1, -0.05) is 18.5 Å². The summed E-state index contributed by atoms with van der Waals surface area (Å²) in [7, 11) is 0. The van der Waals surface area contributed by atoms with Crippen LogP contribution in [0, 0.1) is 11.7 Å². The lowest BCUT2D eigenvalue weighted by molar-refractivity contribution is -0.137. The molecule has 1 atom stereocenters. The molecule has 1 heterocycles. The minimum absolute atomic E-state index is 0.119. The number of carbonyl (C=O) groups excluding carboxylic acids is 2. The van der Waals surface area contributed by atoms with Crippen molar-refractivity contribution in [1.82, 2.24) is 10.2 Å². The van der Waals surface area contributed by atoms with Gasteiger partial charge in [-0.2, -0.15) is 0 Å². The topological polar surface area (TPSA) is 49.4 Å². The number of carbonyl (C=O) groups is 2. The molecule has 0 bridgehead atoms. The van der Waals surface area contributed by atoms with Gasteiger partial charge in [-0.05, 0) is 36.6 Å². The quantitative estimate of drug-likeness (QED) is 0.849. The second-order valence-corrected chi connectivity index (χ2v) is 5.60. The van der Waals surface area contributed by atoms with Gasteiger partial charge in [0, 0.05) is 24.7 Å². The molecule has 2 amide bonds. The van der Waals surface area contributed by atoms with Crippen LogP contribution in [0.3, 0.4) is 0 Å². The van der Waals surface area contributed by atoms with Gasteiger partial charge < -0.3 is 10.2 Å². The summed E-state index contributed by atoms with van der Waals surface area (Å²) in [6, 6.07) is 4.10. The summed E-state index contributed by atoms with van der Waals surface area (Å²) >= 11 is 5.76. The Kier molecular flexibility index (Phi) is 5.17. The van der Waals surface area contributed by atoms with Crippen molar-refractivity contribution in [1.29, 1.82) is 0 Å². The van der Waals surface area contributed by atoms with Gasteiger partial charge in [-0.3, -0.25) is 9.59 Å². The van der Waals surface area contributed by atoms with E-state index in [4.69, 9.17) is 11.6 Å². The zero-order chi connectivity index (χ0) is 15.4. The van der Waals surface area contributed by atoms with Crippen molar-refractivity contribution in [3.05, 3.63) is 34.6 Å². The van der Waals surface area contributed by atoms with Gasteiger partial charge in [-0.25, -0.2) is 4.39 Å². The summed E-state index contributed by atoms with van der Waals surface area (Å²) in [5.74, 6) is -1.50. The van der Waals surface area contributed by atoms with Crippen molar-refractivity contribution < 1.29 is 14.0 Å². The van der Waals surface area contributed by atoms with Crippen LogP contribution in [0.4, 0.5) is 4.39 Å². The Labute approximate surface area is 128 Å². The molecule has 1 aromatic rings. The predicted molar refractivity (Wildman–Crippen MR) is 78.2 cm³/mol. The number of nitrogens with zero attached hydrogens (tertiary/aromatic N) is 1. The van der Waals surface area contributed by atoms with E-state index >= 15 is 0 Å². The number of hydrogen-bond acceptors (Lipinski definition) is 2. The maximum Gasteiger partial charge on any atom is 0.235 e. The third kappa shape index (κ3) is 3.94. The van der Waals surface area contributed by atoms with Gasteiger partial charge in [0.25, 0.3) is 0 Å². The highest BCUT2D eigenvalue weighted by atomic mass is 35.5. The number of benzene rings is 1. The first-order valence-corrected chi connectivity index (χ1v) is 7.40. The summed E-state index contributed by atoms with van der Waals surface area (Å²) in [5.41, 5.74) is 0.573. The highest BCUT2D eigenvalue weighted by molar-refractivity contribution is 6.30. The number of rotatable bonds is 5. The maximum absolute atomic E-state index is 13.2. The standard InChI is InChI=1S/C15H18ClFN2O2/c1-2-4-19-5-3-13(15(19)21)14(20)18-9-10-6-11(16)8-12(17)7-10/h6-8,13H,2-5,9H2,1H3,(H,18,20). The molecule has 1 unspecified atom stereocenters. The number of nitrogens with one attached hydrogen (secondary N) is 1. The zero-order valence-corrected chi connectivity index (χ0v) is 12.6. The number of halogens is 2. The summed E-state index contributed by atoms with van der Waals surface area (Å²) in [4.78, 5) is 25.8. The van der Waals surface area contributed by atoms with E-state index in [0.29, 0.717) is 25.1 Å². The molecule has 1 aliphatic heterocycles. The number of amides is 2. The van der Waals surface area contributed by atoms with Crippen molar-refractivity contribution in [2.45, 2.75) is 26.3 Å². The van der Waals surface area contributed by atoms with Crippen LogP contribution in [0.25, 0.3) is 0 Å². The average Bonchev–Trinajstić information content (AvgIpc) is 2.77. The summed E-state index contributed by atoms with van der Waals surface area (Å²) in [6.45, 7) is 3.46. The normalized spacial score (nSPS) is 18.1. The second kappa shape index (κ2) is 6.89. The molecule has 6 heteroatoms. The molecule has 0 spiro atoms. The van der Waals surface area contributed by atoms with Crippen LogP contribution in [0.1, 0.15) is 25.3 Å². The highest BCUT2D eigenvalue weighted by Crippen LogP contribution is 2.19. The van der Waals surface area contributed by atoms with Gasteiger partial charge >= 0.3 is 0 Å². The third-order valence-corrected chi connectivity index (χ3v) is 3.71. The second-order valence-electron chi connectivity index (χ2n) is 5.16. The SMILES string of the molecule is CCCN1CCC(C(=O)NCc2cc(F)cc(Cl)c2)C1=O. The van der Waals surface area contributed by atoms with E-state index in [1.165, 1.54) is 12.1 Å². The Morgan fingerprint density at radius 3 is 2.90 bits per heavy atom. The largest absolute Gasteiger partial charge is 0.351 e. The number of likely N-dealkylation sites (tertiary alicyclic amines) is 1. The monoisotopic (exact) mass is 312 g/mol. The molecule has 0 radical (unpaired) electrons. The van der Waals surface area contributed by atoms with Gasteiger partial charge in [0.05, 0.1) is 0 Å². The fourth-order valence-electron chi connectivity index (χ4n) is 2.50. The van der Waals surface area contributed by atoms with Crippen LogP contribution >= 0.6 is 11.6 Å². The molecule has 114 valence electrons. The van der Waals surface area contributed by atoms with Crippen LogP contribution in [0.5, 0.6) is 0 Å². The van der Waals surface area contributed by atoms with Gasteiger partial charge in [0.2, 0.25) is 11.8 Å². The molecular formula is C15H18ClFN2O2. The minimum Gasteiger partial charge on any atom is -0.351 e. The maximum atomic E-state index is 13.2. The smallest absolute Gasteiger partial charge is 0.235 e. The first-order valence-electron chi connectivity index (χ1n) is 7.02. The molecule has 0 aliphatic carbocycles. The highest BCUT2D eigenvalue weighted by Gasteiger charge is 2.36. The van der Waals surface area contributed by atoms with Crippen molar-refractivity contribution in [3.8, 4) is 0 Å². The van der Waals surface area contributed by atoms with E-state index in [9.17, 15) is 14.0 Å². The van der Waals surface area contributed by atoms with Crippen molar-refractivity contribution in [2.24, 2.45) is 5.92 Å². The van der Waals surface area contributed by atoms with E-state index in [1.54, 1.807) is 11.0 Å². The Morgan fingerprint density at radius 1 is 1.48 bits per heavy atom. The molecule has 1 fully saturated rings. The Hall–Kier alpha value is -1.62. The molecule has 21 heavy (non-hydrogen) atoms. The first-order chi connectivity index (χ1) is 10.0. The average molecular weight is 313 g/mol. The molecule has 4 nitrogen and oxygen atoms in total. The molecule has 0 saturated carbocycles. The first kappa shape index (κ1) is 15.8. The Morgan fingerprint density at radius 2 is 2.24 bits per heavy atom. The van der Waals surface area contributed by atoms with E-state index in [1.807, 2.05) is 6.92 Å². The van der Waals surface area contributed by atoms with Crippen LogP contribution in [0.2, 0.25) is 5.02 Å². The molecule has 0 aromatic heterocycles.